The molecule has 0 heterocycles. The monoisotopic (exact) mass is 327 g/mol. The minimum Gasteiger partial charge on any atom is -0.497 e. The van der Waals surface area contributed by atoms with Crippen molar-refractivity contribution in [2.45, 2.75) is 19.5 Å². The molecular formula is C20H19F2NO. The van der Waals surface area contributed by atoms with Crippen molar-refractivity contribution in [3.63, 3.8) is 0 Å². The molecule has 3 rings (SSSR count). The number of hydrogen-bond donors (Lipinski definition) is 1. The van der Waals surface area contributed by atoms with Gasteiger partial charge in [-0.2, -0.15) is 0 Å². The highest BCUT2D eigenvalue weighted by Gasteiger charge is 2.11. The molecule has 3 aromatic carbocycles. The molecule has 3 aromatic rings. The fraction of sp³-hybridized carbons (Fsp3) is 0.200. The molecule has 0 saturated heterocycles. The largest absolute Gasteiger partial charge is 0.497 e. The second-order valence-corrected chi connectivity index (χ2v) is 5.82. The molecule has 0 fully saturated rings. The van der Waals surface area contributed by atoms with Gasteiger partial charge in [-0.05, 0) is 47.5 Å². The minimum absolute atomic E-state index is 0.211. The quantitative estimate of drug-likeness (QED) is 0.714. The van der Waals surface area contributed by atoms with Crippen LogP contribution in [0.25, 0.3) is 10.8 Å². The fourth-order valence-corrected chi connectivity index (χ4v) is 2.74. The van der Waals surface area contributed by atoms with Crippen LogP contribution in [0.15, 0.2) is 54.6 Å². The van der Waals surface area contributed by atoms with Crippen molar-refractivity contribution in [3.8, 4) is 5.75 Å². The van der Waals surface area contributed by atoms with E-state index in [1.54, 1.807) is 7.11 Å². The highest BCUT2D eigenvalue weighted by atomic mass is 19.1. The van der Waals surface area contributed by atoms with Crippen LogP contribution in [0.1, 0.15) is 24.1 Å². The maximum absolute atomic E-state index is 13.8. The average Bonchev–Trinajstić information content (AvgIpc) is 2.59. The molecule has 1 N–H and O–H groups in total. The van der Waals surface area contributed by atoms with E-state index in [0.29, 0.717) is 12.1 Å². The molecule has 0 unspecified atom stereocenters. The van der Waals surface area contributed by atoms with Crippen molar-refractivity contribution in [2.24, 2.45) is 0 Å². The number of ether oxygens (including phenoxy) is 1. The summed E-state index contributed by atoms with van der Waals surface area (Å²) in [5, 5.41) is 5.50. The van der Waals surface area contributed by atoms with Crippen molar-refractivity contribution < 1.29 is 13.5 Å². The van der Waals surface area contributed by atoms with E-state index in [1.165, 1.54) is 12.1 Å². The SMILES string of the molecule is COc1ccc2cc(CN[C@H](C)c3ccc(F)cc3F)ccc2c1. The van der Waals surface area contributed by atoms with Crippen LogP contribution >= 0.6 is 0 Å². The third-order valence-corrected chi connectivity index (χ3v) is 4.15. The number of benzene rings is 3. The van der Waals surface area contributed by atoms with Gasteiger partial charge < -0.3 is 10.1 Å². The Bertz CT molecular complexity index is 863. The summed E-state index contributed by atoms with van der Waals surface area (Å²) in [4.78, 5) is 0. The molecule has 0 aliphatic heterocycles. The van der Waals surface area contributed by atoms with E-state index in [1.807, 2.05) is 37.3 Å². The number of methoxy groups -OCH3 is 1. The van der Waals surface area contributed by atoms with Crippen LogP contribution in [0.3, 0.4) is 0 Å². The molecule has 0 radical (unpaired) electrons. The van der Waals surface area contributed by atoms with Crippen LogP contribution in [-0.4, -0.2) is 7.11 Å². The third kappa shape index (κ3) is 3.54. The Kier molecular flexibility index (Phi) is 4.76. The van der Waals surface area contributed by atoms with Gasteiger partial charge >= 0.3 is 0 Å². The maximum Gasteiger partial charge on any atom is 0.130 e. The van der Waals surface area contributed by atoms with Crippen LogP contribution in [-0.2, 0) is 6.54 Å². The van der Waals surface area contributed by atoms with Gasteiger partial charge in [0.2, 0.25) is 0 Å². The van der Waals surface area contributed by atoms with Crippen molar-refractivity contribution in [1.29, 1.82) is 0 Å². The number of rotatable bonds is 5. The van der Waals surface area contributed by atoms with Gasteiger partial charge in [0, 0.05) is 24.2 Å². The van der Waals surface area contributed by atoms with E-state index in [0.717, 1.165) is 28.2 Å². The number of nitrogens with one attached hydrogen (secondary N) is 1. The van der Waals surface area contributed by atoms with Gasteiger partial charge in [0.1, 0.15) is 17.4 Å². The van der Waals surface area contributed by atoms with Gasteiger partial charge in [0.15, 0.2) is 0 Å². The molecular weight excluding hydrogens is 308 g/mol. The summed E-state index contributed by atoms with van der Waals surface area (Å²) in [5.74, 6) is -0.261. The smallest absolute Gasteiger partial charge is 0.130 e. The lowest BCUT2D eigenvalue weighted by atomic mass is 10.0. The van der Waals surface area contributed by atoms with Gasteiger partial charge in [-0.25, -0.2) is 8.78 Å². The Labute approximate surface area is 140 Å². The van der Waals surface area contributed by atoms with E-state index in [9.17, 15) is 8.78 Å². The zero-order valence-corrected chi connectivity index (χ0v) is 13.6. The van der Waals surface area contributed by atoms with Gasteiger partial charge in [-0.15, -0.1) is 0 Å². The standard InChI is InChI=1S/C20H19F2NO/c1-13(19-8-6-17(21)11-20(19)22)23-12-14-3-4-16-10-18(24-2)7-5-15(16)9-14/h3-11,13,23H,12H2,1-2H3/t13-/m1/s1. The summed E-state index contributed by atoms with van der Waals surface area (Å²) in [5.41, 5.74) is 1.56. The first-order chi connectivity index (χ1) is 11.6. The lowest BCUT2D eigenvalue weighted by Crippen LogP contribution is -2.19. The van der Waals surface area contributed by atoms with Crippen LogP contribution in [0.2, 0.25) is 0 Å². The topological polar surface area (TPSA) is 21.3 Å². The number of hydrogen-bond acceptors (Lipinski definition) is 2. The zero-order chi connectivity index (χ0) is 17.1. The fourth-order valence-electron chi connectivity index (χ4n) is 2.74. The van der Waals surface area contributed by atoms with E-state index in [-0.39, 0.29) is 6.04 Å². The van der Waals surface area contributed by atoms with Crippen molar-refractivity contribution in [3.05, 3.63) is 77.4 Å². The van der Waals surface area contributed by atoms with E-state index < -0.39 is 11.6 Å². The van der Waals surface area contributed by atoms with Gasteiger partial charge in [-0.3, -0.25) is 0 Å². The van der Waals surface area contributed by atoms with Crippen LogP contribution in [0.5, 0.6) is 5.75 Å². The van der Waals surface area contributed by atoms with Crippen LogP contribution < -0.4 is 10.1 Å². The predicted molar refractivity (Wildman–Crippen MR) is 92.1 cm³/mol. The average molecular weight is 327 g/mol. The first-order valence-corrected chi connectivity index (χ1v) is 7.82. The Morgan fingerprint density at radius 2 is 1.71 bits per heavy atom. The van der Waals surface area contributed by atoms with E-state index >= 15 is 0 Å². The maximum atomic E-state index is 13.8. The van der Waals surface area contributed by atoms with Crippen LogP contribution in [0, 0.1) is 11.6 Å². The lowest BCUT2D eigenvalue weighted by Gasteiger charge is -2.15. The molecule has 0 aliphatic carbocycles. The molecule has 2 nitrogen and oxygen atoms in total. The van der Waals surface area contributed by atoms with Gasteiger partial charge in [-0.1, -0.05) is 24.3 Å². The molecule has 4 heteroatoms. The van der Waals surface area contributed by atoms with Gasteiger partial charge in [0.05, 0.1) is 7.11 Å². The molecule has 0 amide bonds. The van der Waals surface area contributed by atoms with Crippen LogP contribution in [0.4, 0.5) is 8.78 Å². The number of fused-ring (bicyclic) bond motifs is 1. The second kappa shape index (κ2) is 6.97. The number of halogens is 2. The summed E-state index contributed by atoms with van der Waals surface area (Å²) in [6, 6.07) is 15.6. The molecule has 0 aromatic heterocycles. The minimum atomic E-state index is -0.562. The van der Waals surface area contributed by atoms with Crippen molar-refractivity contribution in [1.82, 2.24) is 5.32 Å². The van der Waals surface area contributed by atoms with Gasteiger partial charge in [0.25, 0.3) is 0 Å². The molecule has 124 valence electrons. The third-order valence-electron chi connectivity index (χ3n) is 4.15. The summed E-state index contributed by atoms with van der Waals surface area (Å²) >= 11 is 0. The van der Waals surface area contributed by atoms with E-state index in [4.69, 9.17) is 4.74 Å². The zero-order valence-electron chi connectivity index (χ0n) is 13.6. The summed E-state index contributed by atoms with van der Waals surface area (Å²) in [6.07, 6.45) is 0. The first kappa shape index (κ1) is 16.4. The van der Waals surface area contributed by atoms with Crippen molar-refractivity contribution in [2.75, 3.05) is 7.11 Å². The van der Waals surface area contributed by atoms with Crippen molar-refractivity contribution >= 4 is 10.8 Å². The molecule has 0 saturated carbocycles. The first-order valence-electron chi connectivity index (χ1n) is 7.82. The molecule has 24 heavy (non-hydrogen) atoms. The second-order valence-electron chi connectivity index (χ2n) is 5.82. The highest BCUT2D eigenvalue weighted by molar-refractivity contribution is 5.84. The van der Waals surface area contributed by atoms with E-state index in [2.05, 4.69) is 11.4 Å². The normalized spacial score (nSPS) is 12.3. The Hall–Kier alpha value is -2.46. The Morgan fingerprint density at radius 3 is 2.46 bits per heavy atom. The molecule has 0 bridgehead atoms. The molecule has 1 atom stereocenters. The summed E-state index contributed by atoms with van der Waals surface area (Å²) in [6.45, 7) is 2.46. The summed E-state index contributed by atoms with van der Waals surface area (Å²) < 4.78 is 32.0. The summed E-state index contributed by atoms with van der Waals surface area (Å²) in [7, 11) is 1.65. The Balaban J connectivity index is 1.73. The molecule has 0 spiro atoms. The molecule has 0 aliphatic rings. The Morgan fingerprint density at radius 1 is 0.958 bits per heavy atom. The highest BCUT2D eigenvalue weighted by Crippen LogP contribution is 2.23. The predicted octanol–water partition coefficient (Wildman–Crippen LogP) is 4.98. The lowest BCUT2D eigenvalue weighted by molar-refractivity contribution is 0.415.